The van der Waals surface area contributed by atoms with Gasteiger partial charge in [-0.3, -0.25) is 4.79 Å². The summed E-state index contributed by atoms with van der Waals surface area (Å²) in [5.41, 5.74) is 0.876. The zero-order valence-electron chi connectivity index (χ0n) is 13.5. The van der Waals surface area contributed by atoms with Crippen LogP contribution in [-0.2, 0) is 23.7 Å². The van der Waals surface area contributed by atoms with Crippen molar-refractivity contribution in [2.45, 2.75) is 62.1 Å². The monoisotopic (exact) mass is 308 g/mol. The van der Waals surface area contributed by atoms with E-state index >= 15 is 0 Å². The molecule has 0 N–H and O–H groups in total. The molecular weight excluding hydrogens is 284 g/mol. The van der Waals surface area contributed by atoms with Crippen LogP contribution in [0.4, 0.5) is 0 Å². The summed E-state index contributed by atoms with van der Waals surface area (Å²) in [4.78, 5) is 12.6. The fraction of sp³-hybridized carbons (Fsp3) is 0.824. The summed E-state index contributed by atoms with van der Waals surface area (Å²) in [6.45, 7) is 2.76. The fourth-order valence-electron chi connectivity index (χ4n) is 4.21. The van der Waals surface area contributed by atoms with Gasteiger partial charge in [0.25, 0.3) is 0 Å². The van der Waals surface area contributed by atoms with Crippen molar-refractivity contribution in [3.63, 3.8) is 0 Å². The highest BCUT2D eigenvalue weighted by molar-refractivity contribution is 5.89. The molecule has 4 rings (SSSR count). The number of carbonyl (C=O) groups excluding carboxylic acids is 1. The number of hydrogen-bond acceptors (Lipinski definition) is 5. The van der Waals surface area contributed by atoms with Crippen LogP contribution in [0.25, 0.3) is 0 Å². The van der Waals surface area contributed by atoms with E-state index in [1.807, 2.05) is 0 Å². The van der Waals surface area contributed by atoms with E-state index in [0.717, 1.165) is 6.42 Å². The Labute approximate surface area is 130 Å². The first kappa shape index (κ1) is 14.8. The zero-order valence-corrected chi connectivity index (χ0v) is 13.5. The molecule has 1 spiro atoms. The van der Waals surface area contributed by atoms with Crippen molar-refractivity contribution in [2.75, 3.05) is 20.8 Å². The van der Waals surface area contributed by atoms with Gasteiger partial charge in [0, 0.05) is 20.6 Å². The number of rotatable bonds is 5. The maximum atomic E-state index is 12.6. The highest BCUT2D eigenvalue weighted by Crippen LogP contribution is 2.59. The number of ether oxygens (including phenoxy) is 4. The molecule has 5 nitrogen and oxygen atoms in total. The van der Waals surface area contributed by atoms with E-state index in [1.165, 1.54) is 18.4 Å². The van der Waals surface area contributed by atoms with Crippen LogP contribution in [0.1, 0.15) is 32.6 Å². The van der Waals surface area contributed by atoms with Crippen LogP contribution in [0.5, 0.6) is 0 Å². The number of hydrogen-bond donors (Lipinski definition) is 0. The van der Waals surface area contributed by atoms with Crippen LogP contribution in [0.15, 0.2) is 11.6 Å². The topological polar surface area (TPSA) is 60.6 Å². The molecule has 4 aliphatic rings. The van der Waals surface area contributed by atoms with Gasteiger partial charge in [0.1, 0.15) is 23.4 Å². The predicted octanol–water partition coefficient (Wildman–Crippen LogP) is 1.64. The summed E-state index contributed by atoms with van der Waals surface area (Å²) in [5.74, 6) is -0.0290. The molecule has 2 aliphatic carbocycles. The quantitative estimate of drug-likeness (QED) is 0.571. The van der Waals surface area contributed by atoms with Crippen molar-refractivity contribution < 1.29 is 23.7 Å². The summed E-state index contributed by atoms with van der Waals surface area (Å²) in [6, 6.07) is 0. The van der Waals surface area contributed by atoms with Crippen LogP contribution in [-0.4, -0.2) is 56.1 Å². The van der Waals surface area contributed by atoms with Crippen molar-refractivity contribution in [2.24, 2.45) is 5.92 Å². The summed E-state index contributed by atoms with van der Waals surface area (Å²) < 4.78 is 22.8. The van der Waals surface area contributed by atoms with Crippen LogP contribution >= 0.6 is 0 Å². The van der Waals surface area contributed by atoms with Gasteiger partial charge >= 0.3 is 0 Å². The first-order chi connectivity index (χ1) is 10.5. The average Bonchev–Trinajstić information content (AvgIpc) is 3.37. The number of Topliss-reactive ketones (excluding diaryl/α,β-unsaturated/α-hetero) is 1. The van der Waals surface area contributed by atoms with Crippen LogP contribution in [0.2, 0.25) is 0 Å². The van der Waals surface area contributed by atoms with Gasteiger partial charge in [0.2, 0.25) is 0 Å². The van der Waals surface area contributed by atoms with E-state index in [2.05, 4.69) is 13.0 Å². The highest BCUT2D eigenvalue weighted by atomic mass is 16.6. The van der Waals surface area contributed by atoms with Crippen LogP contribution in [0.3, 0.4) is 0 Å². The van der Waals surface area contributed by atoms with E-state index < -0.39 is 12.2 Å². The molecular formula is C17H24O5. The first-order valence-electron chi connectivity index (χ1n) is 8.13. The van der Waals surface area contributed by atoms with E-state index in [4.69, 9.17) is 18.9 Å². The Morgan fingerprint density at radius 1 is 1.32 bits per heavy atom. The Morgan fingerprint density at radius 2 is 2.05 bits per heavy atom. The SMILES string of the molecule is CO[C@@H]1C(=O)[C@H](OC)C[C@]2(CO2)[C@H]1[C@@]1(C)OC1CC=C1CC1. The molecule has 0 bridgehead atoms. The lowest BCUT2D eigenvalue weighted by molar-refractivity contribution is -0.157. The third kappa shape index (κ3) is 2.18. The van der Waals surface area contributed by atoms with Crippen LogP contribution in [0, 0.1) is 5.92 Å². The molecule has 0 radical (unpaired) electrons. The van der Waals surface area contributed by atoms with Gasteiger partial charge in [-0.15, -0.1) is 0 Å². The van der Waals surface area contributed by atoms with E-state index in [9.17, 15) is 4.79 Å². The van der Waals surface area contributed by atoms with Gasteiger partial charge in [-0.05, 0) is 26.2 Å². The molecule has 2 saturated carbocycles. The Bertz CT molecular complexity index is 517. The van der Waals surface area contributed by atoms with Gasteiger partial charge in [0.05, 0.1) is 18.6 Å². The molecule has 0 aromatic rings. The van der Waals surface area contributed by atoms with Gasteiger partial charge < -0.3 is 18.9 Å². The van der Waals surface area contributed by atoms with E-state index in [0.29, 0.717) is 13.0 Å². The maximum Gasteiger partial charge on any atom is 0.190 e. The second-order valence-corrected chi connectivity index (χ2v) is 7.21. The minimum atomic E-state index is -0.509. The van der Waals surface area contributed by atoms with Crippen molar-refractivity contribution in [1.29, 1.82) is 0 Å². The van der Waals surface area contributed by atoms with Gasteiger partial charge in [0.15, 0.2) is 5.78 Å². The molecule has 0 amide bonds. The lowest BCUT2D eigenvalue weighted by Gasteiger charge is -2.40. The summed E-state index contributed by atoms with van der Waals surface area (Å²) in [7, 11) is 3.17. The number of methoxy groups -OCH3 is 2. The molecule has 2 saturated heterocycles. The molecule has 6 atom stereocenters. The van der Waals surface area contributed by atoms with E-state index in [-0.39, 0.29) is 29.0 Å². The molecule has 5 heteroatoms. The Morgan fingerprint density at radius 3 is 2.59 bits per heavy atom. The minimum Gasteiger partial charge on any atom is -0.373 e. The Balaban J connectivity index is 1.56. The molecule has 2 heterocycles. The third-order valence-corrected chi connectivity index (χ3v) is 5.81. The second-order valence-electron chi connectivity index (χ2n) is 7.21. The van der Waals surface area contributed by atoms with Gasteiger partial charge in [-0.1, -0.05) is 11.6 Å². The predicted molar refractivity (Wildman–Crippen MR) is 78.6 cm³/mol. The summed E-state index contributed by atoms with van der Waals surface area (Å²) in [5, 5.41) is 0. The maximum absolute atomic E-state index is 12.6. The van der Waals surface area contributed by atoms with Crippen molar-refractivity contribution in [3.8, 4) is 0 Å². The Hall–Kier alpha value is -0.750. The van der Waals surface area contributed by atoms with E-state index in [1.54, 1.807) is 14.2 Å². The standard InChI is InChI=1S/C17H24O5/c1-16(12(22-16)7-6-10-4-5-10)15-14(20-3)13(18)11(19-2)8-17(15)9-21-17/h6,11-12,14-15H,4-5,7-9H2,1-3H3/t11-,12?,14-,15-,16+,17+/m1/s1. The van der Waals surface area contributed by atoms with Crippen LogP contribution < -0.4 is 0 Å². The average molecular weight is 308 g/mol. The van der Waals surface area contributed by atoms with Crippen molar-refractivity contribution >= 4 is 5.78 Å². The smallest absolute Gasteiger partial charge is 0.190 e. The second kappa shape index (κ2) is 4.87. The molecule has 0 aromatic carbocycles. The fourth-order valence-corrected chi connectivity index (χ4v) is 4.21. The molecule has 122 valence electrons. The Kier molecular flexibility index (Phi) is 3.28. The number of carbonyl (C=O) groups is 1. The lowest BCUT2D eigenvalue weighted by Crippen LogP contribution is -2.58. The summed E-state index contributed by atoms with van der Waals surface area (Å²) in [6.07, 6.45) is 5.51. The lowest BCUT2D eigenvalue weighted by atomic mass is 9.68. The molecule has 0 aromatic heterocycles. The largest absolute Gasteiger partial charge is 0.373 e. The molecule has 22 heavy (non-hydrogen) atoms. The molecule has 4 fully saturated rings. The normalized spacial score (nSPS) is 49.4. The third-order valence-electron chi connectivity index (χ3n) is 5.81. The zero-order chi connectivity index (χ0) is 15.5. The molecule has 2 aliphatic heterocycles. The first-order valence-corrected chi connectivity index (χ1v) is 8.13. The number of epoxide rings is 2. The highest BCUT2D eigenvalue weighted by Gasteiger charge is 2.73. The summed E-state index contributed by atoms with van der Waals surface area (Å²) >= 11 is 0. The van der Waals surface area contributed by atoms with Gasteiger partial charge in [-0.2, -0.15) is 0 Å². The number of allylic oxidation sites excluding steroid dienone is 1. The van der Waals surface area contributed by atoms with Crippen molar-refractivity contribution in [1.82, 2.24) is 0 Å². The molecule has 1 unspecified atom stereocenters. The van der Waals surface area contributed by atoms with Crippen molar-refractivity contribution in [3.05, 3.63) is 11.6 Å². The number of ketones is 1. The van der Waals surface area contributed by atoms with Gasteiger partial charge in [-0.25, -0.2) is 0 Å². The minimum absolute atomic E-state index is 0.0205.